The van der Waals surface area contributed by atoms with E-state index in [9.17, 15) is 4.79 Å². The number of carbonyl (C=O) groups excluding carboxylic acids is 1. The third kappa shape index (κ3) is 3.49. The molecule has 0 unspecified atom stereocenters. The van der Waals surface area contributed by atoms with Crippen molar-refractivity contribution in [1.29, 1.82) is 0 Å². The van der Waals surface area contributed by atoms with E-state index in [1.807, 2.05) is 37.3 Å². The Morgan fingerprint density at radius 3 is 2.88 bits per heavy atom. The number of thiazole rings is 2. The second kappa shape index (κ2) is 6.58. The molecule has 0 aliphatic carbocycles. The van der Waals surface area contributed by atoms with Gasteiger partial charge in [-0.25, -0.2) is 15.0 Å². The molecule has 4 rings (SSSR count). The predicted molar refractivity (Wildman–Crippen MR) is 102 cm³/mol. The molecule has 1 amide bonds. The smallest absolute Gasteiger partial charge is 0.276 e. The molecule has 25 heavy (non-hydrogen) atoms. The average molecular weight is 367 g/mol. The Balaban J connectivity index is 1.49. The van der Waals surface area contributed by atoms with Gasteiger partial charge in [0.25, 0.3) is 5.91 Å². The van der Waals surface area contributed by atoms with Gasteiger partial charge in [-0.2, -0.15) is 0 Å². The Kier molecular flexibility index (Phi) is 4.12. The maximum atomic E-state index is 12.4. The maximum absolute atomic E-state index is 12.4. The molecule has 124 valence electrons. The van der Waals surface area contributed by atoms with Crippen LogP contribution in [0, 0.1) is 6.92 Å². The zero-order valence-electron chi connectivity index (χ0n) is 13.2. The van der Waals surface area contributed by atoms with E-state index < -0.39 is 0 Å². The van der Waals surface area contributed by atoms with Gasteiger partial charge in [0, 0.05) is 11.6 Å². The van der Waals surface area contributed by atoms with E-state index in [0.29, 0.717) is 21.8 Å². The summed E-state index contributed by atoms with van der Waals surface area (Å²) in [5.41, 5.74) is 2.39. The molecule has 2 N–H and O–H groups in total. The summed E-state index contributed by atoms with van der Waals surface area (Å²) >= 11 is 2.80. The van der Waals surface area contributed by atoms with Crippen molar-refractivity contribution < 1.29 is 4.79 Å². The molecule has 0 radical (unpaired) electrons. The van der Waals surface area contributed by atoms with Crippen LogP contribution in [0.4, 0.5) is 16.1 Å². The Labute approximate surface area is 151 Å². The highest BCUT2D eigenvalue weighted by atomic mass is 32.1. The third-order valence-corrected chi connectivity index (χ3v) is 5.09. The zero-order valence-corrected chi connectivity index (χ0v) is 14.8. The first kappa shape index (κ1) is 15.7. The average Bonchev–Trinajstić information content (AvgIpc) is 3.22. The number of fused-ring (bicyclic) bond motifs is 1. The van der Waals surface area contributed by atoms with Crippen molar-refractivity contribution in [3.8, 4) is 0 Å². The normalized spacial score (nSPS) is 10.8. The summed E-state index contributed by atoms with van der Waals surface area (Å²) < 4.78 is 1.05. The van der Waals surface area contributed by atoms with Gasteiger partial charge < -0.3 is 5.32 Å². The Morgan fingerprint density at radius 1 is 1.12 bits per heavy atom. The van der Waals surface area contributed by atoms with E-state index in [2.05, 4.69) is 31.7 Å². The molecular formula is C17H13N5OS2. The Morgan fingerprint density at radius 2 is 2.04 bits per heavy atom. The monoisotopic (exact) mass is 367 g/mol. The highest BCUT2D eigenvalue weighted by Crippen LogP contribution is 2.27. The molecule has 0 fully saturated rings. The van der Waals surface area contributed by atoms with Gasteiger partial charge in [0.1, 0.15) is 11.5 Å². The first-order valence-electron chi connectivity index (χ1n) is 7.49. The van der Waals surface area contributed by atoms with Crippen LogP contribution in [0.25, 0.3) is 10.2 Å². The largest absolute Gasteiger partial charge is 0.316 e. The number of hydrogen-bond acceptors (Lipinski definition) is 7. The number of hydrogen-bond donors (Lipinski definition) is 2. The van der Waals surface area contributed by atoms with Crippen LogP contribution in [0.1, 0.15) is 16.1 Å². The molecular weight excluding hydrogens is 354 g/mol. The summed E-state index contributed by atoms with van der Waals surface area (Å²) in [6.45, 7) is 2.03. The van der Waals surface area contributed by atoms with Gasteiger partial charge in [0.15, 0.2) is 10.3 Å². The minimum atomic E-state index is -0.277. The van der Waals surface area contributed by atoms with E-state index in [1.165, 1.54) is 28.2 Å². The van der Waals surface area contributed by atoms with E-state index in [-0.39, 0.29) is 5.91 Å². The number of nitrogens with one attached hydrogen (secondary N) is 2. The molecule has 4 aromatic rings. The summed E-state index contributed by atoms with van der Waals surface area (Å²) in [5, 5.41) is 8.78. The lowest BCUT2D eigenvalue weighted by atomic mass is 10.2. The Hall–Kier alpha value is -2.84. The van der Waals surface area contributed by atoms with Crippen molar-refractivity contribution in [3.63, 3.8) is 0 Å². The molecule has 8 heteroatoms. The minimum absolute atomic E-state index is 0.277. The highest BCUT2D eigenvalue weighted by molar-refractivity contribution is 7.22. The predicted octanol–water partition coefficient (Wildman–Crippen LogP) is 4.45. The summed E-state index contributed by atoms with van der Waals surface area (Å²) in [4.78, 5) is 25.3. The van der Waals surface area contributed by atoms with Crippen LogP contribution < -0.4 is 10.6 Å². The van der Waals surface area contributed by atoms with Crippen molar-refractivity contribution in [3.05, 3.63) is 59.2 Å². The molecule has 0 bridgehead atoms. The molecule has 0 atom stereocenters. The summed E-state index contributed by atoms with van der Waals surface area (Å²) in [7, 11) is 0. The number of pyridine rings is 1. The first-order valence-corrected chi connectivity index (χ1v) is 9.19. The summed E-state index contributed by atoms with van der Waals surface area (Å²) in [6.07, 6.45) is 1.69. The SMILES string of the molecule is Cc1ccc2nc(NC(=O)c3csc(Nc4ccccn4)n3)sc2c1. The van der Waals surface area contributed by atoms with Gasteiger partial charge in [-0.1, -0.05) is 23.5 Å². The van der Waals surface area contributed by atoms with E-state index in [0.717, 1.165) is 10.2 Å². The fourth-order valence-electron chi connectivity index (χ4n) is 2.23. The molecule has 1 aromatic carbocycles. The third-order valence-electron chi connectivity index (χ3n) is 3.40. The van der Waals surface area contributed by atoms with Gasteiger partial charge in [-0.3, -0.25) is 10.1 Å². The van der Waals surface area contributed by atoms with Gasteiger partial charge in [-0.15, -0.1) is 11.3 Å². The fraction of sp³-hybridized carbons (Fsp3) is 0.0588. The number of anilines is 3. The van der Waals surface area contributed by atoms with Crippen LogP contribution in [-0.4, -0.2) is 20.9 Å². The van der Waals surface area contributed by atoms with Gasteiger partial charge in [0.2, 0.25) is 0 Å². The number of benzene rings is 1. The standard InChI is InChI=1S/C17H13N5OS2/c1-10-5-6-11-13(8-10)25-17(19-11)22-15(23)12-9-24-16(20-12)21-14-4-2-3-7-18-14/h2-9H,1H3,(H,18,20,21)(H,19,22,23). The second-order valence-corrected chi connectivity index (χ2v) is 7.21. The number of rotatable bonds is 4. The van der Waals surface area contributed by atoms with Crippen LogP contribution in [0.15, 0.2) is 48.0 Å². The number of aromatic nitrogens is 3. The maximum Gasteiger partial charge on any atom is 0.276 e. The lowest BCUT2D eigenvalue weighted by Crippen LogP contribution is -2.12. The van der Waals surface area contributed by atoms with E-state index >= 15 is 0 Å². The molecule has 0 saturated heterocycles. The van der Waals surface area contributed by atoms with Gasteiger partial charge in [-0.05, 0) is 36.8 Å². The summed E-state index contributed by atoms with van der Waals surface area (Å²) in [6, 6.07) is 11.6. The van der Waals surface area contributed by atoms with Crippen molar-refractivity contribution in [2.75, 3.05) is 10.6 Å². The molecule has 0 aliphatic heterocycles. The number of amides is 1. The highest BCUT2D eigenvalue weighted by Gasteiger charge is 2.14. The second-order valence-electron chi connectivity index (χ2n) is 5.32. The number of nitrogens with zero attached hydrogens (tertiary/aromatic N) is 3. The van der Waals surface area contributed by atoms with Gasteiger partial charge >= 0.3 is 0 Å². The fourth-order valence-corrected chi connectivity index (χ4v) is 3.88. The zero-order chi connectivity index (χ0) is 17.2. The lowest BCUT2D eigenvalue weighted by molar-refractivity contribution is 0.102. The van der Waals surface area contributed by atoms with Crippen LogP contribution in [-0.2, 0) is 0 Å². The van der Waals surface area contributed by atoms with Crippen molar-refractivity contribution in [2.24, 2.45) is 0 Å². The van der Waals surface area contributed by atoms with Crippen LogP contribution in [0.5, 0.6) is 0 Å². The molecule has 0 aliphatic rings. The van der Waals surface area contributed by atoms with Crippen molar-refractivity contribution in [1.82, 2.24) is 15.0 Å². The summed E-state index contributed by atoms with van der Waals surface area (Å²) in [5.74, 6) is 0.409. The van der Waals surface area contributed by atoms with Crippen LogP contribution in [0.3, 0.4) is 0 Å². The number of aryl methyl sites for hydroxylation is 1. The number of carbonyl (C=O) groups is 1. The topological polar surface area (TPSA) is 79.8 Å². The minimum Gasteiger partial charge on any atom is -0.316 e. The van der Waals surface area contributed by atoms with Crippen LogP contribution in [0.2, 0.25) is 0 Å². The van der Waals surface area contributed by atoms with E-state index in [4.69, 9.17) is 0 Å². The first-order chi connectivity index (χ1) is 12.2. The molecule has 0 saturated carbocycles. The van der Waals surface area contributed by atoms with Gasteiger partial charge in [0.05, 0.1) is 10.2 Å². The molecule has 6 nitrogen and oxygen atoms in total. The molecule has 3 aromatic heterocycles. The molecule has 0 spiro atoms. The van der Waals surface area contributed by atoms with Crippen LogP contribution >= 0.6 is 22.7 Å². The quantitative estimate of drug-likeness (QED) is 0.557. The molecule has 3 heterocycles. The van der Waals surface area contributed by atoms with Crippen molar-refractivity contribution in [2.45, 2.75) is 6.92 Å². The Bertz CT molecular complexity index is 1040. The van der Waals surface area contributed by atoms with E-state index in [1.54, 1.807) is 11.6 Å². The van der Waals surface area contributed by atoms with Crippen molar-refractivity contribution >= 4 is 54.9 Å². The lowest BCUT2D eigenvalue weighted by Gasteiger charge is -2.00.